The van der Waals surface area contributed by atoms with E-state index < -0.39 is 0 Å². The van der Waals surface area contributed by atoms with Crippen LogP contribution in [0.4, 0.5) is 5.69 Å². The fourth-order valence-corrected chi connectivity index (χ4v) is 4.78. The maximum atomic E-state index is 13.2. The summed E-state index contributed by atoms with van der Waals surface area (Å²) in [7, 11) is 0. The third-order valence-corrected chi connectivity index (χ3v) is 5.94. The molecule has 3 aliphatic rings. The number of Topliss-reactive ketones (excluding diaryl/α,β-unsaturated/α-hetero) is 1. The van der Waals surface area contributed by atoms with Gasteiger partial charge in [-0.25, -0.2) is 0 Å². The summed E-state index contributed by atoms with van der Waals surface area (Å²) in [6.45, 7) is 5.36. The molecule has 0 aromatic heterocycles. The molecular weight excluding hydrogens is 374 g/mol. The topological polar surface area (TPSA) is 47.6 Å². The van der Waals surface area contributed by atoms with Crippen LogP contribution in [0.2, 0.25) is 5.02 Å². The van der Waals surface area contributed by atoms with E-state index in [0.717, 1.165) is 46.0 Å². The molecule has 0 radical (unpaired) electrons. The molecule has 0 saturated carbocycles. The van der Waals surface area contributed by atoms with Gasteiger partial charge in [0.25, 0.3) is 0 Å². The largest absolute Gasteiger partial charge is 0.486 e. The molecule has 2 aromatic rings. The average Bonchev–Trinajstić information content (AvgIpc) is 2.64. The van der Waals surface area contributed by atoms with E-state index in [1.54, 1.807) is 0 Å². The highest BCUT2D eigenvalue weighted by Crippen LogP contribution is 2.51. The van der Waals surface area contributed by atoms with Crippen LogP contribution in [0.25, 0.3) is 0 Å². The fourth-order valence-electron chi connectivity index (χ4n) is 4.58. The Morgan fingerprint density at radius 3 is 2.57 bits per heavy atom. The zero-order valence-electron chi connectivity index (χ0n) is 16.0. The monoisotopic (exact) mass is 395 g/mol. The van der Waals surface area contributed by atoms with Crippen molar-refractivity contribution in [1.29, 1.82) is 0 Å². The molecule has 0 unspecified atom stereocenters. The van der Waals surface area contributed by atoms with Gasteiger partial charge in [-0.3, -0.25) is 4.79 Å². The number of halogens is 1. The van der Waals surface area contributed by atoms with Crippen molar-refractivity contribution in [3.63, 3.8) is 0 Å². The molecule has 0 saturated heterocycles. The van der Waals surface area contributed by atoms with E-state index in [1.165, 1.54) is 0 Å². The number of hydrogen-bond acceptors (Lipinski definition) is 4. The molecule has 0 amide bonds. The van der Waals surface area contributed by atoms with E-state index in [-0.39, 0.29) is 17.1 Å². The third-order valence-electron chi connectivity index (χ3n) is 5.70. The number of carbonyl (C=O) groups excluding carboxylic acids is 1. The predicted octanol–water partition coefficient (Wildman–Crippen LogP) is 5.31. The molecule has 0 bridgehead atoms. The first-order valence-electron chi connectivity index (χ1n) is 9.64. The molecule has 5 heteroatoms. The normalized spacial score (nSPS) is 22.2. The Labute approximate surface area is 169 Å². The number of carbonyl (C=O) groups is 1. The number of allylic oxidation sites excluding steroid dienone is 2. The van der Waals surface area contributed by atoms with E-state index in [9.17, 15) is 4.79 Å². The van der Waals surface area contributed by atoms with E-state index in [1.807, 2.05) is 36.4 Å². The molecule has 2 aliphatic heterocycles. The number of anilines is 1. The average molecular weight is 396 g/mol. The number of ketones is 1. The Morgan fingerprint density at radius 1 is 1.07 bits per heavy atom. The molecule has 0 spiro atoms. The highest BCUT2D eigenvalue weighted by atomic mass is 35.5. The van der Waals surface area contributed by atoms with Crippen LogP contribution in [-0.4, -0.2) is 19.0 Å². The molecule has 2 aromatic carbocycles. The van der Waals surface area contributed by atoms with Gasteiger partial charge in [-0.15, -0.1) is 0 Å². The van der Waals surface area contributed by atoms with Gasteiger partial charge >= 0.3 is 0 Å². The van der Waals surface area contributed by atoms with Crippen LogP contribution in [0.5, 0.6) is 11.5 Å². The molecule has 28 heavy (non-hydrogen) atoms. The second-order valence-corrected chi connectivity index (χ2v) is 8.97. The van der Waals surface area contributed by atoms with E-state index >= 15 is 0 Å². The summed E-state index contributed by atoms with van der Waals surface area (Å²) < 4.78 is 11.6. The smallest absolute Gasteiger partial charge is 0.163 e. The number of ether oxygens (including phenoxy) is 2. The van der Waals surface area contributed by atoms with Gasteiger partial charge in [0.2, 0.25) is 0 Å². The maximum Gasteiger partial charge on any atom is 0.163 e. The highest BCUT2D eigenvalue weighted by Gasteiger charge is 2.41. The SMILES string of the molecule is CC1(C)CC(=O)C2=C(C1)Nc1cc3c(cc1[C@@H]2c1cccc(Cl)c1)OCCO3. The van der Waals surface area contributed by atoms with Gasteiger partial charge in [0.15, 0.2) is 17.3 Å². The number of benzene rings is 2. The van der Waals surface area contributed by atoms with Crippen LogP contribution in [0.15, 0.2) is 47.7 Å². The van der Waals surface area contributed by atoms with Gasteiger partial charge in [0.1, 0.15) is 13.2 Å². The molecule has 1 atom stereocenters. The van der Waals surface area contributed by atoms with Gasteiger partial charge in [0, 0.05) is 40.4 Å². The van der Waals surface area contributed by atoms with E-state index in [4.69, 9.17) is 21.1 Å². The minimum atomic E-state index is -0.163. The lowest BCUT2D eigenvalue weighted by Crippen LogP contribution is -2.34. The van der Waals surface area contributed by atoms with E-state index in [0.29, 0.717) is 24.7 Å². The zero-order valence-corrected chi connectivity index (χ0v) is 16.7. The molecule has 5 rings (SSSR count). The standard InChI is InChI=1S/C23H22ClNO3/c1-23(2)11-17-22(18(26)12-23)21(13-4-3-5-14(24)8-13)15-9-19-20(10-16(15)25-17)28-7-6-27-19/h3-5,8-10,21,25H,6-7,11-12H2,1-2H3/t21-/m0/s1. The lowest BCUT2D eigenvalue weighted by molar-refractivity contribution is -0.118. The van der Waals surface area contributed by atoms with Crippen LogP contribution < -0.4 is 14.8 Å². The third kappa shape index (κ3) is 2.87. The summed E-state index contributed by atoms with van der Waals surface area (Å²) in [4.78, 5) is 13.2. The van der Waals surface area contributed by atoms with Crippen LogP contribution in [0, 0.1) is 5.41 Å². The Balaban J connectivity index is 1.73. The van der Waals surface area contributed by atoms with Crippen LogP contribution in [-0.2, 0) is 4.79 Å². The quantitative estimate of drug-likeness (QED) is 0.710. The number of hydrogen-bond donors (Lipinski definition) is 1. The Hall–Kier alpha value is -2.46. The summed E-state index contributed by atoms with van der Waals surface area (Å²) in [6, 6.07) is 11.8. The fraction of sp³-hybridized carbons (Fsp3) is 0.348. The first kappa shape index (κ1) is 17.6. The lowest BCUT2D eigenvalue weighted by atomic mass is 9.68. The minimum absolute atomic E-state index is 0.0624. The Bertz CT molecular complexity index is 1020. The minimum Gasteiger partial charge on any atom is -0.486 e. The summed E-state index contributed by atoms with van der Waals surface area (Å²) in [5, 5.41) is 4.21. The predicted molar refractivity (Wildman–Crippen MR) is 109 cm³/mol. The van der Waals surface area contributed by atoms with Crippen LogP contribution in [0.3, 0.4) is 0 Å². The van der Waals surface area contributed by atoms with Gasteiger partial charge in [-0.1, -0.05) is 37.6 Å². The van der Waals surface area contributed by atoms with Crippen molar-refractivity contribution in [3.05, 3.63) is 63.8 Å². The van der Waals surface area contributed by atoms with Crippen molar-refractivity contribution >= 4 is 23.1 Å². The summed E-state index contributed by atoms with van der Waals surface area (Å²) >= 11 is 6.30. The molecular formula is C23H22ClNO3. The summed E-state index contributed by atoms with van der Waals surface area (Å²) in [5.41, 5.74) is 4.82. The van der Waals surface area contributed by atoms with E-state index in [2.05, 4.69) is 19.2 Å². The van der Waals surface area contributed by atoms with Gasteiger partial charge in [-0.2, -0.15) is 0 Å². The Kier molecular flexibility index (Phi) is 3.95. The van der Waals surface area contributed by atoms with Crippen molar-refractivity contribution in [2.45, 2.75) is 32.6 Å². The molecule has 0 fully saturated rings. The number of rotatable bonds is 1. The zero-order chi connectivity index (χ0) is 19.5. The molecule has 1 aliphatic carbocycles. The number of nitrogens with one attached hydrogen (secondary N) is 1. The number of fused-ring (bicyclic) bond motifs is 2. The van der Waals surface area contributed by atoms with Gasteiger partial charge < -0.3 is 14.8 Å². The van der Waals surface area contributed by atoms with Crippen molar-refractivity contribution in [2.24, 2.45) is 5.41 Å². The van der Waals surface area contributed by atoms with Gasteiger partial charge in [-0.05, 0) is 41.2 Å². The molecule has 144 valence electrons. The van der Waals surface area contributed by atoms with Crippen LogP contribution in [0.1, 0.15) is 43.7 Å². The van der Waals surface area contributed by atoms with Crippen molar-refractivity contribution < 1.29 is 14.3 Å². The van der Waals surface area contributed by atoms with Crippen molar-refractivity contribution in [1.82, 2.24) is 0 Å². The first-order valence-corrected chi connectivity index (χ1v) is 10.0. The maximum absolute atomic E-state index is 13.2. The molecule has 2 heterocycles. The summed E-state index contributed by atoms with van der Waals surface area (Å²) in [6.07, 6.45) is 1.38. The molecule has 4 nitrogen and oxygen atoms in total. The van der Waals surface area contributed by atoms with Gasteiger partial charge in [0.05, 0.1) is 0 Å². The van der Waals surface area contributed by atoms with Crippen LogP contribution >= 0.6 is 11.6 Å². The first-order chi connectivity index (χ1) is 13.4. The highest BCUT2D eigenvalue weighted by molar-refractivity contribution is 6.30. The van der Waals surface area contributed by atoms with Crippen molar-refractivity contribution in [2.75, 3.05) is 18.5 Å². The molecule has 1 N–H and O–H groups in total. The second-order valence-electron chi connectivity index (χ2n) is 8.53. The van der Waals surface area contributed by atoms with Crippen molar-refractivity contribution in [3.8, 4) is 11.5 Å². The summed E-state index contributed by atoms with van der Waals surface area (Å²) in [5.74, 6) is 1.51. The second kappa shape index (κ2) is 6.28. The lowest BCUT2D eigenvalue weighted by Gasteiger charge is -2.40. The Morgan fingerprint density at radius 2 is 1.82 bits per heavy atom.